The van der Waals surface area contributed by atoms with E-state index in [9.17, 15) is 0 Å². The molecule has 11 rings (SSSR count). The highest BCUT2D eigenvalue weighted by Crippen LogP contribution is 2.46. The summed E-state index contributed by atoms with van der Waals surface area (Å²) in [7, 11) is 0. The average molecular weight is 730 g/mol. The van der Waals surface area contributed by atoms with Crippen LogP contribution in [0, 0.1) is 0 Å². The zero-order valence-corrected chi connectivity index (χ0v) is 31.0. The second-order valence-electron chi connectivity index (χ2n) is 14.4. The standard InChI is InChI=1S/C53H35N3O/c1-4-16-36(17-5-1)39-21-14-24-41(34-39)55(49-29-13-12-26-44(49)46-27-15-28-48-52(46)57-53(54-48)38-19-6-2-7-20-38)42-31-33-50-47(35-42)45-32-30-37-18-10-11-25-43(37)51(45)56(50)40-22-8-3-9-23-40/h1-35H. The van der Waals surface area contributed by atoms with E-state index in [0.29, 0.717) is 5.89 Å². The van der Waals surface area contributed by atoms with Gasteiger partial charge in [0.1, 0.15) is 5.52 Å². The van der Waals surface area contributed by atoms with Gasteiger partial charge < -0.3 is 13.9 Å². The largest absolute Gasteiger partial charge is 0.435 e. The maximum absolute atomic E-state index is 6.62. The van der Waals surface area contributed by atoms with E-state index in [1.54, 1.807) is 0 Å². The third kappa shape index (κ3) is 5.58. The van der Waals surface area contributed by atoms with Gasteiger partial charge in [-0.15, -0.1) is 0 Å². The topological polar surface area (TPSA) is 34.2 Å². The Hall–Kier alpha value is -7.69. The molecule has 0 atom stereocenters. The Labute approximate surface area is 330 Å². The molecule has 57 heavy (non-hydrogen) atoms. The monoisotopic (exact) mass is 729 g/mol. The summed E-state index contributed by atoms with van der Waals surface area (Å²) in [4.78, 5) is 7.32. The first kappa shape index (κ1) is 32.7. The Bertz CT molecular complexity index is 3240. The average Bonchev–Trinajstić information content (AvgIpc) is 3.88. The molecule has 0 amide bonds. The fraction of sp³-hybridized carbons (Fsp3) is 0. The lowest BCUT2D eigenvalue weighted by molar-refractivity contribution is 0.621. The second-order valence-corrected chi connectivity index (χ2v) is 14.4. The molecule has 0 spiro atoms. The van der Waals surface area contributed by atoms with Crippen LogP contribution >= 0.6 is 0 Å². The lowest BCUT2D eigenvalue weighted by atomic mass is 9.99. The number of fused-ring (bicyclic) bond motifs is 6. The number of aromatic nitrogens is 2. The van der Waals surface area contributed by atoms with Gasteiger partial charge in [0.2, 0.25) is 5.89 Å². The molecule has 0 aliphatic carbocycles. The van der Waals surface area contributed by atoms with Crippen molar-refractivity contribution in [3.63, 3.8) is 0 Å². The molecule has 0 aliphatic heterocycles. The number of benzene rings is 9. The molecular weight excluding hydrogens is 695 g/mol. The highest BCUT2D eigenvalue weighted by Gasteiger charge is 2.23. The van der Waals surface area contributed by atoms with Gasteiger partial charge in [0, 0.05) is 49.9 Å². The van der Waals surface area contributed by atoms with Gasteiger partial charge in [-0.25, -0.2) is 4.98 Å². The smallest absolute Gasteiger partial charge is 0.227 e. The van der Waals surface area contributed by atoms with Crippen LogP contribution in [-0.2, 0) is 0 Å². The summed E-state index contributed by atoms with van der Waals surface area (Å²) in [5.41, 5.74) is 13.5. The van der Waals surface area contributed by atoms with E-state index in [1.165, 1.54) is 32.6 Å². The molecule has 2 heterocycles. The first-order chi connectivity index (χ1) is 28.3. The lowest BCUT2D eigenvalue weighted by Gasteiger charge is -2.28. The van der Waals surface area contributed by atoms with Gasteiger partial charge >= 0.3 is 0 Å². The first-order valence-electron chi connectivity index (χ1n) is 19.3. The van der Waals surface area contributed by atoms with Crippen molar-refractivity contribution in [2.75, 3.05) is 4.90 Å². The molecule has 2 aromatic heterocycles. The summed E-state index contributed by atoms with van der Waals surface area (Å²) in [5, 5.41) is 4.84. The van der Waals surface area contributed by atoms with Crippen molar-refractivity contribution in [3.05, 3.63) is 212 Å². The minimum Gasteiger partial charge on any atom is -0.435 e. The quantitative estimate of drug-likeness (QED) is 0.164. The molecule has 9 aromatic carbocycles. The maximum atomic E-state index is 6.62. The summed E-state index contributed by atoms with van der Waals surface area (Å²) in [6, 6.07) is 75.2. The van der Waals surface area contributed by atoms with E-state index in [1.807, 2.05) is 36.4 Å². The Kier molecular flexibility index (Phi) is 7.78. The van der Waals surface area contributed by atoms with Crippen molar-refractivity contribution in [2.24, 2.45) is 0 Å². The van der Waals surface area contributed by atoms with Crippen molar-refractivity contribution in [1.82, 2.24) is 9.55 Å². The molecule has 0 saturated carbocycles. The molecule has 11 aromatic rings. The minimum absolute atomic E-state index is 0.607. The summed E-state index contributed by atoms with van der Waals surface area (Å²) < 4.78 is 9.03. The zero-order valence-electron chi connectivity index (χ0n) is 31.0. The molecule has 4 nitrogen and oxygen atoms in total. The number of rotatable bonds is 7. The van der Waals surface area contributed by atoms with E-state index in [-0.39, 0.29) is 0 Å². The van der Waals surface area contributed by atoms with E-state index < -0.39 is 0 Å². The third-order valence-corrected chi connectivity index (χ3v) is 11.0. The normalized spacial score (nSPS) is 11.5. The van der Waals surface area contributed by atoms with Gasteiger partial charge in [0.15, 0.2) is 5.58 Å². The molecule has 0 fully saturated rings. The fourth-order valence-electron chi connectivity index (χ4n) is 8.40. The molecular formula is C53H35N3O. The Morgan fingerprint density at radius 1 is 0.439 bits per heavy atom. The van der Waals surface area contributed by atoms with Crippen LogP contribution in [0.15, 0.2) is 217 Å². The van der Waals surface area contributed by atoms with Crippen molar-refractivity contribution < 1.29 is 4.42 Å². The first-order valence-corrected chi connectivity index (χ1v) is 19.3. The molecule has 0 unspecified atom stereocenters. The van der Waals surface area contributed by atoms with Crippen LogP contribution in [0.5, 0.6) is 0 Å². The van der Waals surface area contributed by atoms with E-state index in [0.717, 1.165) is 61.6 Å². The molecule has 4 heteroatoms. The molecule has 268 valence electrons. The number of hydrogen-bond donors (Lipinski definition) is 0. The predicted octanol–water partition coefficient (Wildman–Crippen LogP) is 14.5. The van der Waals surface area contributed by atoms with Gasteiger partial charge in [-0.1, -0.05) is 146 Å². The number of para-hydroxylation sites is 3. The number of oxazole rings is 1. The van der Waals surface area contributed by atoms with Crippen molar-refractivity contribution >= 4 is 60.7 Å². The Balaban J connectivity index is 1.17. The highest BCUT2D eigenvalue weighted by molar-refractivity contribution is 6.19. The van der Waals surface area contributed by atoms with E-state index in [2.05, 4.69) is 185 Å². The fourth-order valence-corrected chi connectivity index (χ4v) is 8.40. The predicted molar refractivity (Wildman–Crippen MR) is 237 cm³/mol. The SMILES string of the molecule is c1ccc(-c2cccc(N(c3ccc4c(c3)c3ccc5ccccc5c3n4-c3ccccc3)c3ccccc3-c3cccc4nc(-c5ccccc5)oc34)c2)cc1. The van der Waals surface area contributed by atoms with Crippen molar-refractivity contribution in [3.8, 4) is 39.4 Å². The highest BCUT2D eigenvalue weighted by atomic mass is 16.3. The molecule has 0 saturated heterocycles. The summed E-state index contributed by atoms with van der Waals surface area (Å²) >= 11 is 0. The van der Waals surface area contributed by atoms with Crippen LogP contribution < -0.4 is 4.90 Å². The van der Waals surface area contributed by atoms with Gasteiger partial charge in [0.25, 0.3) is 0 Å². The minimum atomic E-state index is 0.607. The maximum Gasteiger partial charge on any atom is 0.227 e. The van der Waals surface area contributed by atoms with Crippen LogP contribution in [-0.4, -0.2) is 9.55 Å². The Morgan fingerprint density at radius 2 is 1.11 bits per heavy atom. The number of hydrogen-bond acceptors (Lipinski definition) is 3. The van der Waals surface area contributed by atoms with E-state index in [4.69, 9.17) is 9.40 Å². The summed E-state index contributed by atoms with van der Waals surface area (Å²) in [6.07, 6.45) is 0. The second kappa shape index (κ2) is 13.6. The number of anilines is 3. The van der Waals surface area contributed by atoms with Crippen LogP contribution in [0.4, 0.5) is 17.1 Å². The van der Waals surface area contributed by atoms with Crippen molar-refractivity contribution in [1.29, 1.82) is 0 Å². The lowest BCUT2D eigenvalue weighted by Crippen LogP contribution is -2.11. The van der Waals surface area contributed by atoms with Gasteiger partial charge in [-0.3, -0.25) is 0 Å². The van der Waals surface area contributed by atoms with E-state index >= 15 is 0 Å². The Morgan fingerprint density at radius 3 is 1.95 bits per heavy atom. The number of nitrogens with zero attached hydrogens (tertiary/aromatic N) is 3. The third-order valence-electron chi connectivity index (χ3n) is 11.0. The van der Waals surface area contributed by atoms with Crippen LogP contribution in [0.3, 0.4) is 0 Å². The summed E-state index contributed by atoms with van der Waals surface area (Å²) in [5.74, 6) is 0.607. The summed E-state index contributed by atoms with van der Waals surface area (Å²) in [6.45, 7) is 0. The van der Waals surface area contributed by atoms with Gasteiger partial charge in [-0.05, 0) is 83.2 Å². The van der Waals surface area contributed by atoms with Gasteiger partial charge in [-0.2, -0.15) is 0 Å². The molecule has 0 bridgehead atoms. The molecule has 0 N–H and O–H groups in total. The van der Waals surface area contributed by atoms with Crippen molar-refractivity contribution in [2.45, 2.75) is 0 Å². The van der Waals surface area contributed by atoms with Gasteiger partial charge in [0.05, 0.1) is 16.7 Å². The van der Waals surface area contributed by atoms with Crippen LogP contribution in [0.25, 0.3) is 83.1 Å². The van der Waals surface area contributed by atoms with Crippen LogP contribution in [0.1, 0.15) is 0 Å². The van der Waals surface area contributed by atoms with Crippen LogP contribution in [0.2, 0.25) is 0 Å². The molecule has 0 radical (unpaired) electrons. The molecule has 0 aliphatic rings. The zero-order chi connectivity index (χ0) is 37.7.